The van der Waals surface area contributed by atoms with Gasteiger partial charge in [0.15, 0.2) is 7.05 Å². The van der Waals surface area contributed by atoms with Gasteiger partial charge in [-0.1, -0.05) is 61.9 Å². The molecule has 0 radical (unpaired) electrons. The molecule has 0 aliphatic carbocycles. The van der Waals surface area contributed by atoms with Gasteiger partial charge in [-0.25, -0.2) is 18.1 Å². The molecule has 0 saturated heterocycles. The largest absolute Gasteiger partial charge is 0.475 e. The number of aromatic nitrogens is 2. The Balaban J connectivity index is 1.45. The van der Waals surface area contributed by atoms with Crippen LogP contribution >= 0.6 is 0 Å². The Labute approximate surface area is 288 Å². The summed E-state index contributed by atoms with van der Waals surface area (Å²) in [6.45, 7) is 12.8. The number of sulfonamides is 1. The van der Waals surface area contributed by atoms with Crippen molar-refractivity contribution in [2.24, 2.45) is 10.5 Å². The lowest BCUT2D eigenvalue weighted by Gasteiger charge is -2.36. The molecule has 1 unspecified atom stereocenters. The Morgan fingerprint density at radius 2 is 1.65 bits per heavy atom. The van der Waals surface area contributed by atoms with E-state index in [2.05, 4.69) is 46.7 Å². The normalized spacial score (nSPS) is 19.1. The van der Waals surface area contributed by atoms with Gasteiger partial charge in [0.25, 0.3) is 15.9 Å². The fraction of sp³-hybridized carbons (Fsp3) is 0.342. The predicted octanol–water partition coefficient (Wildman–Crippen LogP) is 7.24. The van der Waals surface area contributed by atoms with E-state index in [1.54, 1.807) is 23.1 Å². The number of amides is 1. The highest BCUT2D eigenvalue weighted by Crippen LogP contribution is 2.32. The fourth-order valence-corrected chi connectivity index (χ4v) is 7.50. The van der Waals surface area contributed by atoms with E-state index < -0.39 is 10.0 Å². The number of hydrogen-bond acceptors (Lipinski definition) is 7. The van der Waals surface area contributed by atoms with Crippen LogP contribution in [0.4, 0.5) is 5.95 Å². The molecule has 2 atom stereocenters. The molecule has 4 bridgehead atoms. The number of carbonyl (C=O) groups excluding carboxylic acids is 1. The van der Waals surface area contributed by atoms with Crippen molar-refractivity contribution in [3.63, 3.8) is 0 Å². The zero-order chi connectivity index (χ0) is 35.1. The molecule has 1 amide bonds. The minimum atomic E-state index is -4.16. The van der Waals surface area contributed by atoms with E-state index in [9.17, 15) is 13.2 Å². The van der Waals surface area contributed by atoms with E-state index in [0.717, 1.165) is 33.5 Å². The van der Waals surface area contributed by atoms with Crippen LogP contribution in [0.15, 0.2) is 88.9 Å². The summed E-state index contributed by atoms with van der Waals surface area (Å²) in [5.74, 6) is -0.195. The number of hydrogen-bond donors (Lipinski definition) is 1. The average molecular weight is 680 g/mol. The zero-order valence-corrected chi connectivity index (χ0v) is 29.9. The van der Waals surface area contributed by atoms with Gasteiger partial charge in [0.2, 0.25) is 17.5 Å². The van der Waals surface area contributed by atoms with Gasteiger partial charge in [0.05, 0.1) is 16.6 Å². The number of carbonyl (C=O) groups is 1. The summed E-state index contributed by atoms with van der Waals surface area (Å²) in [5.41, 5.74) is 6.46. The second kappa shape index (κ2) is 13.2. The zero-order valence-electron chi connectivity index (χ0n) is 29.1. The Hall–Kier alpha value is -4.90. The lowest BCUT2D eigenvalue weighted by atomic mass is 9.87. The molecule has 1 aromatic heterocycles. The topological polar surface area (TPSA) is 117 Å². The summed E-state index contributed by atoms with van der Waals surface area (Å²) in [4.78, 5) is 25.3. The molecule has 4 aromatic rings. The molecular formula is C38H43N6O4S+. The Kier molecular flexibility index (Phi) is 9.15. The lowest BCUT2D eigenvalue weighted by Crippen LogP contribution is -2.45. The highest BCUT2D eigenvalue weighted by atomic mass is 32.2. The van der Waals surface area contributed by atoms with Crippen LogP contribution < -0.4 is 9.46 Å². The van der Waals surface area contributed by atoms with E-state index in [1.165, 1.54) is 12.1 Å². The highest BCUT2D eigenvalue weighted by Gasteiger charge is 2.32. The van der Waals surface area contributed by atoms with Gasteiger partial charge < -0.3 is 9.64 Å². The molecule has 3 heterocycles. The molecule has 0 saturated carbocycles. The molecular weight excluding hydrogens is 637 g/mol. The number of azo groups is 2. The van der Waals surface area contributed by atoms with E-state index in [0.29, 0.717) is 12.1 Å². The average Bonchev–Trinajstić information content (AvgIpc) is 3.38. The summed E-state index contributed by atoms with van der Waals surface area (Å²) in [6.07, 6.45) is 2.74. The van der Waals surface area contributed by atoms with E-state index in [4.69, 9.17) is 4.74 Å². The third kappa shape index (κ3) is 7.57. The van der Waals surface area contributed by atoms with Gasteiger partial charge in [0, 0.05) is 35.4 Å². The Morgan fingerprint density at radius 1 is 0.959 bits per heavy atom. The standard InChI is InChI=1S/C38H43N6O4S/c1-24-10-8-11-25(2)35(24)32-20-34-40-37(39-32)42-49(46,47)31-13-9-12-29(19-31)36(45)44(30(23-48-34)21-38(4,5)6)22-27-14-16-28(17-15-27)33-18-26(3)41-43(33)7/h8-20,26,30H,21-23H2,1-7H3,(H,39,40,42)/q+1/t26?,30-/m1/s1. The van der Waals surface area contributed by atoms with Gasteiger partial charge >= 0.3 is 0 Å². The molecule has 2 aliphatic rings. The summed E-state index contributed by atoms with van der Waals surface area (Å²) in [6, 6.07) is 21.6. The molecule has 11 heteroatoms. The van der Waals surface area contributed by atoms with E-state index in [-0.39, 0.29) is 58.8 Å². The highest BCUT2D eigenvalue weighted by molar-refractivity contribution is 7.92. The minimum absolute atomic E-state index is 0.0635. The molecule has 2 aliphatic heterocycles. The maximum atomic E-state index is 14.5. The van der Waals surface area contributed by atoms with Gasteiger partial charge in [-0.05, 0) is 84.7 Å². The minimum Gasteiger partial charge on any atom is -0.475 e. The smallest absolute Gasteiger partial charge is 0.264 e. The van der Waals surface area contributed by atoms with Gasteiger partial charge in [-0.2, -0.15) is 4.98 Å². The van der Waals surface area contributed by atoms with Crippen molar-refractivity contribution in [2.45, 2.75) is 71.5 Å². The first-order valence-electron chi connectivity index (χ1n) is 16.4. The third-order valence-corrected chi connectivity index (χ3v) is 10.1. The first-order valence-corrected chi connectivity index (χ1v) is 17.9. The van der Waals surface area contributed by atoms with Crippen LogP contribution in [-0.4, -0.2) is 59.6 Å². The number of benzene rings is 3. The fourth-order valence-electron chi connectivity index (χ4n) is 6.51. The number of ether oxygens (including phenoxy) is 1. The van der Waals surface area contributed by atoms with Crippen LogP contribution in [0.2, 0.25) is 0 Å². The second-order valence-corrected chi connectivity index (χ2v) is 15.8. The predicted molar refractivity (Wildman–Crippen MR) is 190 cm³/mol. The summed E-state index contributed by atoms with van der Waals surface area (Å²) >= 11 is 0. The summed E-state index contributed by atoms with van der Waals surface area (Å²) in [5, 5.41) is 4.55. The van der Waals surface area contributed by atoms with Crippen LogP contribution in [-0.2, 0) is 16.6 Å². The van der Waals surface area contributed by atoms with Crippen LogP contribution in [0.5, 0.6) is 5.88 Å². The Morgan fingerprint density at radius 3 is 2.31 bits per heavy atom. The first-order chi connectivity index (χ1) is 23.2. The molecule has 254 valence electrons. The first kappa shape index (κ1) is 34.0. The third-order valence-electron chi connectivity index (χ3n) is 8.74. The maximum Gasteiger partial charge on any atom is 0.264 e. The monoisotopic (exact) mass is 679 g/mol. The number of nitrogens with zero attached hydrogens (tertiary/aromatic N) is 5. The number of rotatable bonds is 5. The van der Waals surface area contributed by atoms with Crippen LogP contribution in [0.1, 0.15) is 66.7 Å². The number of fused-ring (bicyclic) bond motifs is 4. The van der Waals surface area contributed by atoms with Gasteiger partial charge in [0.1, 0.15) is 12.6 Å². The van der Waals surface area contributed by atoms with Crippen molar-refractivity contribution in [2.75, 3.05) is 18.4 Å². The summed E-state index contributed by atoms with van der Waals surface area (Å²) in [7, 11) is -2.22. The van der Waals surface area contributed by atoms with Crippen LogP contribution in [0.25, 0.3) is 17.0 Å². The number of anilines is 1. The van der Waals surface area contributed by atoms with Crippen molar-refractivity contribution >= 4 is 27.6 Å². The van der Waals surface area contributed by atoms with Gasteiger partial charge in [-0.3, -0.25) is 4.79 Å². The summed E-state index contributed by atoms with van der Waals surface area (Å²) < 4.78 is 38.2. The quantitative estimate of drug-likeness (QED) is 0.222. The van der Waals surface area contributed by atoms with E-state index >= 15 is 0 Å². The van der Waals surface area contributed by atoms with Crippen molar-refractivity contribution in [1.29, 1.82) is 0 Å². The van der Waals surface area contributed by atoms with E-state index in [1.807, 2.05) is 75.0 Å². The molecule has 1 N–H and O–H groups in total. The number of aryl methyl sites for hydroxylation is 2. The van der Waals surface area contributed by atoms with Crippen molar-refractivity contribution < 1.29 is 22.6 Å². The SMILES string of the molecule is Cc1cccc(C)c1-c1cc2nc(n1)NS(=O)(=O)c1cccc(c1)C(=O)N(Cc1ccc(C3=CC(C)N=[N+]3C)cc1)[C@H](CC(C)(C)C)CO2. The molecule has 0 spiro atoms. The molecule has 3 aromatic carbocycles. The van der Waals surface area contributed by atoms with Crippen molar-refractivity contribution in [3.05, 3.63) is 107 Å². The maximum absolute atomic E-state index is 14.5. The number of nitrogens with one attached hydrogen (secondary N) is 1. The molecule has 0 fully saturated rings. The van der Waals surface area contributed by atoms with Gasteiger partial charge in [-0.15, -0.1) is 0 Å². The molecule has 49 heavy (non-hydrogen) atoms. The Bertz CT molecular complexity index is 2060. The molecule has 10 nitrogen and oxygen atoms in total. The van der Waals surface area contributed by atoms with Crippen LogP contribution in [0, 0.1) is 19.3 Å². The lowest BCUT2D eigenvalue weighted by molar-refractivity contribution is -0.469. The second-order valence-electron chi connectivity index (χ2n) is 14.1. The van der Waals surface area contributed by atoms with Crippen molar-refractivity contribution in [1.82, 2.24) is 14.9 Å². The van der Waals surface area contributed by atoms with Crippen molar-refractivity contribution in [3.8, 4) is 17.1 Å². The molecule has 6 rings (SSSR count). The van der Waals surface area contributed by atoms with Crippen LogP contribution in [0.3, 0.4) is 0 Å².